The third kappa shape index (κ3) is 3.76. The van der Waals surface area contributed by atoms with Crippen molar-refractivity contribution < 1.29 is 17.6 Å². The highest BCUT2D eigenvalue weighted by atomic mass is 32.2. The number of fused-ring (bicyclic) bond motifs is 1. The molecule has 0 aliphatic carbocycles. The summed E-state index contributed by atoms with van der Waals surface area (Å²) in [5.74, 6) is 0.485. The molecule has 1 amide bonds. The minimum atomic E-state index is -3.75. The molecule has 1 aliphatic rings. The molecule has 0 fully saturated rings. The minimum absolute atomic E-state index is 0.187. The second kappa shape index (κ2) is 7.90. The molecule has 8 heteroatoms. The molecule has 0 saturated carbocycles. The zero-order valence-electron chi connectivity index (χ0n) is 15.1. The fourth-order valence-corrected chi connectivity index (χ4v) is 6.07. The fourth-order valence-electron chi connectivity index (χ4n) is 3.38. The molecule has 28 heavy (non-hydrogen) atoms. The Hall–Kier alpha value is -2.42. The van der Waals surface area contributed by atoms with Crippen molar-refractivity contribution in [2.24, 2.45) is 0 Å². The van der Waals surface area contributed by atoms with Crippen LogP contribution in [0.1, 0.15) is 16.9 Å². The van der Waals surface area contributed by atoms with Crippen molar-refractivity contribution in [3.63, 3.8) is 0 Å². The topological polar surface area (TPSA) is 79.6 Å². The molecule has 2 aromatic heterocycles. The number of sulfonamides is 1. The summed E-state index contributed by atoms with van der Waals surface area (Å²) in [7, 11) is -3.75. The normalized spacial score (nSPS) is 17.2. The SMILES string of the molecule is O=C(NCCc1ccco1)C1Cc2ccccc2CN1S(=O)(=O)c1cccs1. The minimum Gasteiger partial charge on any atom is -0.469 e. The van der Waals surface area contributed by atoms with Gasteiger partial charge in [0.1, 0.15) is 16.0 Å². The van der Waals surface area contributed by atoms with Crippen molar-refractivity contribution in [2.45, 2.75) is 29.6 Å². The first kappa shape index (κ1) is 18.9. The quantitative estimate of drug-likeness (QED) is 0.670. The number of rotatable bonds is 6. The first-order chi connectivity index (χ1) is 13.6. The van der Waals surface area contributed by atoms with Crippen LogP contribution < -0.4 is 5.32 Å². The van der Waals surface area contributed by atoms with Gasteiger partial charge in [-0.25, -0.2) is 8.42 Å². The van der Waals surface area contributed by atoms with Gasteiger partial charge < -0.3 is 9.73 Å². The Morgan fingerprint density at radius 2 is 1.96 bits per heavy atom. The lowest BCUT2D eigenvalue weighted by molar-refractivity contribution is -0.125. The Labute approximate surface area is 167 Å². The largest absolute Gasteiger partial charge is 0.469 e. The lowest BCUT2D eigenvalue weighted by Crippen LogP contribution is -2.52. The van der Waals surface area contributed by atoms with E-state index in [0.29, 0.717) is 19.4 Å². The number of amides is 1. The van der Waals surface area contributed by atoms with Gasteiger partial charge in [-0.2, -0.15) is 4.31 Å². The molecule has 1 N–H and O–H groups in total. The van der Waals surface area contributed by atoms with Gasteiger partial charge in [-0.1, -0.05) is 30.3 Å². The molecule has 4 rings (SSSR count). The number of hydrogen-bond acceptors (Lipinski definition) is 5. The van der Waals surface area contributed by atoms with E-state index in [-0.39, 0.29) is 16.7 Å². The number of carbonyl (C=O) groups excluding carboxylic acids is 1. The monoisotopic (exact) mass is 416 g/mol. The van der Waals surface area contributed by atoms with Crippen LogP contribution in [-0.4, -0.2) is 31.2 Å². The standard InChI is InChI=1S/C20H20N2O4S2/c23-20(21-10-9-17-7-3-11-26-17)18-13-15-5-1-2-6-16(15)14-22(18)28(24,25)19-8-4-12-27-19/h1-8,11-12,18H,9-10,13-14H2,(H,21,23). The molecule has 6 nitrogen and oxygen atoms in total. The third-order valence-corrected chi connectivity index (χ3v) is 8.04. The van der Waals surface area contributed by atoms with Crippen LogP contribution >= 0.6 is 11.3 Å². The number of nitrogens with one attached hydrogen (secondary N) is 1. The van der Waals surface area contributed by atoms with Gasteiger partial charge in [0, 0.05) is 19.5 Å². The second-order valence-electron chi connectivity index (χ2n) is 6.59. The van der Waals surface area contributed by atoms with Gasteiger partial charge >= 0.3 is 0 Å². The van der Waals surface area contributed by atoms with E-state index in [1.54, 1.807) is 29.8 Å². The molecule has 3 aromatic rings. The highest BCUT2D eigenvalue weighted by Gasteiger charge is 2.39. The summed E-state index contributed by atoms with van der Waals surface area (Å²) in [6.07, 6.45) is 2.50. The van der Waals surface area contributed by atoms with Gasteiger partial charge in [-0.3, -0.25) is 4.79 Å². The van der Waals surface area contributed by atoms with E-state index >= 15 is 0 Å². The molecule has 0 spiro atoms. The van der Waals surface area contributed by atoms with Gasteiger partial charge in [-0.05, 0) is 41.1 Å². The Balaban J connectivity index is 1.57. The number of furan rings is 1. The Kier molecular flexibility index (Phi) is 5.34. The molecule has 1 unspecified atom stereocenters. The maximum absolute atomic E-state index is 13.2. The predicted octanol–water partition coefficient (Wildman–Crippen LogP) is 2.82. The van der Waals surface area contributed by atoms with E-state index in [9.17, 15) is 13.2 Å². The zero-order valence-corrected chi connectivity index (χ0v) is 16.7. The zero-order chi connectivity index (χ0) is 19.6. The van der Waals surface area contributed by atoms with Crippen molar-refractivity contribution in [1.29, 1.82) is 0 Å². The van der Waals surface area contributed by atoms with Crippen molar-refractivity contribution in [1.82, 2.24) is 9.62 Å². The summed E-state index contributed by atoms with van der Waals surface area (Å²) in [5, 5.41) is 4.59. The van der Waals surface area contributed by atoms with Crippen LogP contribution in [0, 0.1) is 0 Å². The summed E-state index contributed by atoms with van der Waals surface area (Å²) in [4.78, 5) is 12.9. The van der Waals surface area contributed by atoms with Crippen LogP contribution in [0.3, 0.4) is 0 Å². The van der Waals surface area contributed by atoms with Crippen LogP contribution in [0.2, 0.25) is 0 Å². The van der Waals surface area contributed by atoms with Gasteiger partial charge in [0.05, 0.1) is 6.26 Å². The smallest absolute Gasteiger partial charge is 0.253 e. The summed E-state index contributed by atoms with van der Waals surface area (Å²) in [6, 6.07) is 13.8. The number of thiophene rings is 1. The van der Waals surface area contributed by atoms with Crippen molar-refractivity contribution in [2.75, 3.05) is 6.54 Å². The van der Waals surface area contributed by atoms with E-state index in [4.69, 9.17) is 4.42 Å². The molecule has 1 atom stereocenters. The van der Waals surface area contributed by atoms with Gasteiger partial charge in [0.2, 0.25) is 5.91 Å². The second-order valence-corrected chi connectivity index (χ2v) is 9.66. The highest BCUT2D eigenvalue weighted by Crippen LogP contribution is 2.30. The maximum Gasteiger partial charge on any atom is 0.253 e. The van der Waals surface area contributed by atoms with Crippen molar-refractivity contribution in [3.05, 3.63) is 77.1 Å². The number of hydrogen-bond donors (Lipinski definition) is 1. The maximum atomic E-state index is 13.2. The molecule has 3 heterocycles. The molecule has 146 valence electrons. The molecule has 0 bridgehead atoms. The molecule has 0 radical (unpaired) electrons. The Bertz CT molecular complexity index is 1040. The number of benzene rings is 1. The number of nitrogens with zero attached hydrogens (tertiary/aromatic N) is 1. The van der Waals surface area contributed by atoms with Crippen LogP contribution in [0.5, 0.6) is 0 Å². The van der Waals surface area contributed by atoms with E-state index in [1.165, 1.54) is 4.31 Å². The van der Waals surface area contributed by atoms with E-state index in [0.717, 1.165) is 28.2 Å². The molecular formula is C20H20N2O4S2. The van der Waals surface area contributed by atoms with Crippen molar-refractivity contribution in [3.8, 4) is 0 Å². The highest BCUT2D eigenvalue weighted by molar-refractivity contribution is 7.91. The number of carbonyl (C=O) groups is 1. The third-order valence-electron chi connectivity index (χ3n) is 4.82. The molecular weight excluding hydrogens is 396 g/mol. The summed E-state index contributed by atoms with van der Waals surface area (Å²) in [6.45, 7) is 0.573. The average Bonchev–Trinajstić information content (AvgIpc) is 3.41. The average molecular weight is 417 g/mol. The van der Waals surface area contributed by atoms with Crippen molar-refractivity contribution >= 4 is 27.3 Å². The lowest BCUT2D eigenvalue weighted by Gasteiger charge is -2.34. The fraction of sp³-hybridized carbons (Fsp3) is 0.250. The van der Waals surface area contributed by atoms with Crippen LogP contribution in [0.25, 0.3) is 0 Å². The van der Waals surface area contributed by atoms with Gasteiger partial charge in [-0.15, -0.1) is 11.3 Å². The summed E-state index contributed by atoms with van der Waals surface area (Å²) in [5.41, 5.74) is 1.94. The molecule has 1 aromatic carbocycles. The first-order valence-corrected chi connectivity index (χ1v) is 11.3. The van der Waals surface area contributed by atoms with Crippen LogP contribution in [0.4, 0.5) is 0 Å². The van der Waals surface area contributed by atoms with Crippen LogP contribution in [-0.2, 0) is 34.2 Å². The lowest BCUT2D eigenvalue weighted by atomic mass is 9.95. The summed E-state index contributed by atoms with van der Waals surface area (Å²) >= 11 is 1.16. The first-order valence-electron chi connectivity index (χ1n) is 8.98. The Morgan fingerprint density at radius 1 is 1.14 bits per heavy atom. The van der Waals surface area contributed by atoms with E-state index < -0.39 is 16.1 Å². The van der Waals surface area contributed by atoms with Crippen LogP contribution in [0.15, 0.2) is 68.8 Å². The van der Waals surface area contributed by atoms with E-state index in [1.807, 2.05) is 30.3 Å². The van der Waals surface area contributed by atoms with Gasteiger partial charge in [0.15, 0.2) is 0 Å². The summed E-state index contributed by atoms with van der Waals surface area (Å²) < 4.78 is 33.2. The van der Waals surface area contributed by atoms with E-state index in [2.05, 4.69) is 5.32 Å². The van der Waals surface area contributed by atoms with Gasteiger partial charge in [0.25, 0.3) is 10.0 Å². The molecule has 0 saturated heterocycles. The molecule has 1 aliphatic heterocycles. The predicted molar refractivity (Wildman–Crippen MR) is 106 cm³/mol. The Morgan fingerprint density at radius 3 is 2.68 bits per heavy atom.